The van der Waals surface area contributed by atoms with Crippen molar-refractivity contribution in [3.63, 3.8) is 0 Å². The van der Waals surface area contributed by atoms with E-state index in [1.165, 1.54) is 33.1 Å². The molecule has 0 fully saturated rings. The van der Waals surface area contributed by atoms with Gasteiger partial charge >= 0.3 is 6.18 Å². The highest BCUT2D eigenvalue weighted by Gasteiger charge is 2.56. The Kier molecular flexibility index (Phi) is 6.42. The summed E-state index contributed by atoms with van der Waals surface area (Å²) >= 11 is 0. The van der Waals surface area contributed by atoms with Crippen molar-refractivity contribution in [3.05, 3.63) is 53.3 Å². The molecule has 0 saturated carbocycles. The number of ether oxygens (including phenoxy) is 1. The van der Waals surface area contributed by atoms with Gasteiger partial charge in [0, 0.05) is 35.5 Å². The van der Waals surface area contributed by atoms with E-state index >= 15 is 0 Å². The van der Waals surface area contributed by atoms with Crippen LogP contribution in [0.5, 0.6) is 5.75 Å². The summed E-state index contributed by atoms with van der Waals surface area (Å²) in [6.45, 7) is 2.64. The average molecular weight is 454 g/mol. The fourth-order valence-electron chi connectivity index (χ4n) is 4.03. The van der Waals surface area contributed by atoms with Gasteiger partial charge in [-0.2, -0.15) is 13.2 Å². The third-order valence-electron chi connectivity index (χ3n) is 5.73. The summed E-state index contributed by atoms with van der Waals surface area (Å²) in [5, 5.41) is 16.4. The van der Waals surface area contributed by atoms with Crippen LogP contribution >= 0.6 is 0 Å². The zero-order chi connectivity index (χ0) is 23.7. The molecule has 0 aromatic heterocycles. The first-order valence-corrected chi connectivity index (χ1v) is 10.1. The second-order valence-corrected chi connectivity index (χ2v) is 8.65. The van der Waals surface area contributed by atoms with E-state index in [-0.39, 0.29) is 22.8 Å². The van der Waals surface area contributed by atoms with Crippen LogP contribution < -0.4 is 15.4 Å². The maximum atomic E-state index is 14.0. The number of ketones is 1. The summed E-state index contributed by atoms with van der Waals surface area (Å²) in [6.07, 6.45) is -5.42. The van der Waals surface area contributed by atoms with Gasteiger partial charge in [0.15, 0.2) is 11.4 Å². The minimum Gasteiger partial charge on any atom is -0.496 e. The highest BCUT2D eigenvalue weighted by molar-refractivity contribution is 6.03. The molecule has 0 spiro atoms. The monoisotopic (exact) mass is 454 g/mol. The lowest BCUT2D eigenvalue weighted by Gasteiger charge is -2.38. The number of Topliss-reactive ketones (excluding diaryl/α,β-unsaturated/α-hetero) is 1. The lowest BCUT2D eigenvalue weighted by molar-refractivity contribution is -0.260. The third-order valence-corrected chi connectivity index (χ3v) is 5.73. The van der Waals surface area contributed by atoms with Gasteiger partial charge in [-0.3, -0.25) is 4.79 Å². The fourth-order valence-corrected chi connectivity index (χ4v) is 4.03. The van der Waals surface area contributed by atoms with Gasteiger partial charge in [0.05, 0.1) is 13.7 Å². The van der Waals surface area contributed by atoms with Gasteiger partial charge in [-0.25, -0.2) is 4.39 Å². The first-order valence-electron chi connectivity index (χ1n) is 10.1. The maximum absolute atomic E-state index is 14.0. The van der Waals surface area contributed by atoms with E-state index < -0.39 is 36.0 Å². The van der Waals surface area contributed by atoms with Gasteiger partial charge in [0.1, 0.15) is 11.6 Å². The molecule has 32 heavy (non-hydrogen) atoms. The van der Waals surface area contributed by atoms with Crippen LogP contribution in [0.3, 0.4) is 0 Å². The van der Waals surface area contributed by atoms with Crippen molar-refractivity contribution in [2.75, 3.05) is 30.8 Å². The van der Waals surface area contributed by atoms with Crippen molar-refractivity contribution in [2.24, 2.45) is 0 Å². The van der Waals surface area contributed by atoms with E-state index in [1.807, 2.05) is 0 Å². The van der Waals surface area contributed by atoms with Crippen LogP contribution in [0.4, 0.5) is 28.9 Å². The van der Waals surface area contributed by atoms with Crippen molar-refractivity contribution in [3.8, 4) is 5.75 Å². The molecule has 3 rings (SSSR count). The SMILES string of the molecule is COc1ccc(F)cc1C(C)(C)CC(O)(CNc1ccc2c(c1)C(=O)CCN2)C(F)(F)F. The van der Waals surface area contributed by atoms with Crippen molar-refractivity contribution in [2.45, 2.75) is 43.9 Å². The Hall–Kier alpha value is -2.81. The molecule has 1 aliphatic rings. The van der Waals surface area contributed by atoms with Crippen LogP contribution in [0.1, 0.15) is 42.6 Å². The van der Waals surface area contributed by atoms with Crippen LogP contribution in [0.25, 0.3) is 0 Å². The molecule has 1 atom stereocenters. The second kappa shape index (κ2) is 8.61. The third kappa shape index (κ3) is 4.82. The molecule has 1 aliphatic heterocycles. The largest absolute Gasteiger partial charge is 0.496 e. The normalized spacial score (nSPS) is 16.1. The number of methoxy groups -OCH3 is 1. The number of aliphatic hydroxyl groups is 1. The molecular formula is C23H26F4N2O3. The second-order valence-electron chi connectivity index (χ2n) is 8.65. The van der Waals surface area contributed by atoms with Gasteiger partial charge in [-0.15, -0.1) is 0 Å². The van der Waals surface area contributed by atoms with E-state index in [9.17, 15) is 27.5 Å². The van der Waals surface area contributed by atoms with Crippen molar-refractivity contribution < 1.29 is 32.2 Å². The van der Waals surface area contributed by atoms with Crippen molar-refractivity contribution in [1.29, 1.82) is 0 Å². The number of benzene rings is 2. The summed E-state index contributed by atoms with van der Waals surface area (Å²) < 4.78 is 61.0. The predicted molar refractivity (Wildman–Crippen MR) is 114 cm³/mol. The smallest absolute Gasteiger partial charge is 0.418 e. The van der Waals surface area contributed by atoms with Gasteiger partial charge in [-0.05, 0) is 48.2 Å². The maximum Gasteiger partial charge on any atom is 0.418 e. The average Bonchev–Trinajstić information content (AvgIpc) is 2.71. The number of carbonyl (C=O) groups excluding carboxylic acids is 1. The van der Waals surface area contributed by atoms with Crippen LogP contribution in [0, 0.1) is 5.82 Å². The number of nitrogens with one attached hydrogen (secondary N) is 2. The number of hydrogen-bond acceptors (Lipinski definition) is 5. The molecule has 1 unspecified atom stereocenters. The number of carbonyl (C=O) groups is 1. The Labute approximate surface area is 183 Å². The Morgan fingerprint density at radius 2 is 1.88 bits per heavy atom. The molecule has 9 heteroatoms. The summed E-state index contributed by atoms with van der Waals surface area (Å²) in [7, 11) is 1.34. The standard InChI is InChI=1S/C23H26F4N2O3/c1-21(2,17-10-14(24)4-7-20(17)32-3)12-22(31,23(25,26)27)13-29-15-5-6-18-16(11-15)19(30)8-9-28-18/h4-7,10-11,28-29,31H,8-9,12-13H2,1-3H3. The zero-order valence-electron chi connectivity index (χ0n) is 18.1. The number of alkyl halides is 3. The van der Waals surface area contributed by atoms with Gasteiger partial charge in [0.2, 0.25) is 0 Å². The Bertz CT molecular complexity index is 1010. The highest BCUT2D eigenvalue weighted by Crippen LogP contribution is 2.44. The molecule has 2 aromatic carbocycles. The predicted octanol–water partition coefficient (Wildman–Crippen LogP) is 4.91. The Balaban J connectivity index is 1.87. The van der Waals surface area contributed by atoms with E-state index in [0.29, 0.717) is 24.2 Å². The molecule has 0 saturated heterocycles. The number of hydrogen-bond donors (Lipinski definition) is 3. The van der Waals surface area contributed by atoms with Gasteiger partial charge in [0.25, 0.3) is 0 Å². The van der Waals surface area contributed by atoms with Crippen molar-refractivity contribution in [1.82, 2.24) is 0 Å². The van der Waals surface area contributed by atoms with E-state index in [0.717, 1.165) is 12.1 Å². The van der Waals surface area contributed by atoms with Crippen LogP contribution in [-0.2, 0) is 5.41 Å². The van der Waals surface area contributed by atoms with Crippen LogP contribution in [0.15, 0.2) is 36.4 Å². The summed E-state index contributed by atoms with van der Waals surface area (Å²) in [5.74, 6) is -0.489. The first kappa shape index (κ1) is 23.8. The molecule has 5 nitrogen and oxygen atoms in total. The number of anilines is 2. The topological polar surface area (TPSA) is 70.6 Å². The highest BCUT2D eigenvalue weighted by atomic mass is 19.4. The van der Waals surface area contributed by atoms with E-state index in [1.54, 1.807) is 12.1 Å². The number of fused-ring (bicyclic) bond motifs is 1. The molecule has 1 heterocycles. The minimum absolute atomic E-state index is 0.104. The molecule has 0 amide bonds. The summed E-state index contributed by atoms with van der Waals surface area (Å²) in [4.78, 5) is 12.1. The minimum atomic E-state index is -4.97. The number of rotatable bonds is 7. The van der Waals surface area contributed by atoms with Crippen molar-refractivity contribution >= 4 is 17.2 Å². The Morgan fingerprint density at radius 1 is 1.16 bits per heavy atom. The van der Waals surface area contributed by atoms with E-state index in [4.69, 9.17) is 4.74 Å². The number of halogens is 4. The fraction of sp³-hybridized carbons (Fsp3) is 0.435. The quantitative estimate of drug-likeness (QED) is 0.519. The summed E-state index contributed by atoms with van der Waals surface area (Å²) in [6, 6.07) is 8.25. The molecule has 0 aliphatic carbocycles. The van der Waals surface area contributed by atoms with Crippen LogP contribution in [-0.4, -0.2) is 42.9 Å². The molecular weight excluding hydrogens is 428 g/mol. The lowest BCUT2D eigenvalue weighted by atomic mass is 9.74. The molecule has 0 bridgehead atoms. The van der Waals surface area contributed by atoms with Gasteiger partial charge in [-0.1, -0.05) is 13.8 Å². The molecule has 2 aromatic rings. The van der Waals surface area contributed by atoms with Crippen LogP contribution in [0.2, 0.25) is 0 Å². The molecule has 174 valence electrons. The first-order chi connectivity index (χ1) is 14.9. The molecule has 0 radical (unpaired) electrons. The lowest BCUT2D eigenvalue weighted by Crippen LogP contribution is -2.53. The van der Waals surface area contributed by atoms with Gasteiger partial charge < -0.3 is 20.5 Å². The Morgan fingerprint density at radius 3 is 2.53 bits per heavy atom. The van der Waals surface area contributed by atoms with E-state index in [2.05, 4.69) is 10.6 Å². The summed E-state index contributed by atoms with van der Waals surface area (Å²) in [5.41, 5.74) is -2.90. The molecule has 3 N–H and O–H groups in total. The zero-order valence-corrected chi connectivity index (χ0v) is 18.1.